The van der Waals surface area contributed by atoms with Crippen LogP contribution in [0.25, 0.3) is 10.8 Å². The van der Waals surface area contributed by atoms with Gasteiger partial charge in [-0.3, -0.25) is 9.71 Å². The van der Waals surface area contributed by atoms with Crippen LogP contribution in [0.3, 0.4) is 0 Å². The van der Waals surface area contributed by atoms with Crippen molar-refractivity contribution in [2.24, 2.45) is 5.73 Å². The fourth-order valence-corrected chi connectivity index (χ4v) is 3.93. The standard InChI is InChI=1S/C13H15N3O2S2/c1-2-12(13(14)19)20(17,18)16-11-5-3-4-9-8-15-7-6-10(9)11/h3-8,12,16H,2H2,1H3,(H2,14,19). The maximum Gasteiger partial charge on any atom is 0.242 e. The van der Waals surface area contributed by atoms with Crippen LogP contribution in [-0.2, 0) is 10.0 Å². The molecule has 0 fully saturated rings. The first-order chi connectivity index (χ1) is 9.45. The van der Waals surface area contributed by atoms with E-state index in [1.54, 1.807) is 37.5 Å². The Kier molecular flexibility index (Phi) is 4.20. The number of nitrogens with one attached hydrogen (secondary N) is 1. The van der Waals surface area contributed by atoms with Gasteiger partial charge < -0.3 is 5.73 Å². The molecule has 0 bridgehead atoms. The van der Waals surface area contributed by atoms with E-state index in [4.69, 9.17) is 18.0 Å². The van der Waals surface area contributed by atoms with E-state index >= 15 is 0 Å². The summed E-state index contributed by atoms with van der Waals surface area (Å²) in [5.41, 5.74) is 6.00. The Morgan fingerprint density at radius 1 is 1.45 bits per heavy atom. The smallest absolute Gasteiger partial charge is 0.242 e. The van der Waals surface area contributed by atoms with Crippen LogP contribution in [0.2, 0.25) is 0 Å². The number of hydrogen-bond donors (Lipinski definition) is 2. The molecule has 0 aliphatic heterocycles. The van der Waals surface area contributed by atoms with Gasteiger partial charge in [-0.1, -0.05) is 31.3 Å². The van der Waals surface area contributed by atoms with Gasteiger partial charge in [0.1, 0.15) is 5.25 Å². The maximum atomic E-state index is 12.3. The predicted octanol–water partition coefficient (Wildman–Crippen LogP) is 2.04. The van der Waals surface area contributed by atoms with Gasteiger partial charge in [-0.15, -0.1) is 0 Å². The third-order valence-corrected chi connectivity index (χ3v) is 5.27. The molecule has 0 saturated heterocycles. The highest BCUT2D eigenvalue weighted by Gasteiger charge is 2.26. The van der Waals surface area contributed by atoms with Crippen LogP contribution in [-0.4, -0.2) is 23.6 Å². The summed E-state index contributed by atoms with van der Waals surface area (Å²) in [7, 11) is -3.65. The highest BCUT2D eigenvalue weighted by atomic mass is 32.2. The normalized spacial score (nSPS) is 13.1. The zero-order valence-corrected chi connectivity index (χ0v) is 12.5. The van der Waals surface area contributed by atoms with Gasteiger partial charge in [-0.05, 0) is 18.6 Å². The van der Waals surface area contributed by atoms with Crippen LogP contribution in [0.4, 0.5) is 5.69 Å². The molecule has 1 aromatic heterocycles. The molecule has 7 heteroatoms. The molecule has 0 aliphatic carbocycles. The van der Waals surface area contributed by atoms with E-state index in [1.165, 1.54) is 0 Å². The number of rotatable bonds is 5. The molecule has 2 rings (SSSR count). The quantitative estimate of drug-likeness (QED) is 0.826. The fourth-order valence-electron chi connectivity index (χ4n) is 2.01. The molecule has 1 atom stereocenters. The van der Waals surface area contributed by atoms with Gasteiger partial charge in [0.2, 0.25) is 10.0 Å². The van der Waals surface area contributed by atoms with Gasteiger partial charge in [0, 0.05) is 23.2 Å². The number of aromatic nitrogens is 1. The van der Waals surface area contributed by atoms with Crippen molar-refractivity contribution in [1.29, 1.82) is 0 Å². The molecule has 1 unspecified atom stereocenters. The van der Waals surface area contributed by atoms with Crippen LogP contribution in [0.15, 0.2) is 36.7 Å². The lowest BCUT2D eigenvalue weighted by Crippen LogP contribution is -2.37. The molecule has 0 spiro atoms. The van der Waals surface area contributed by atoms with Crippen LogP contribution in [0.1, 0.15) is 13.3 Å². The van der Waals surface area contributed by atoms with Crippen molar-refractivity contribution in [1.82, 2.24) is 4.98 Å². The number of nitrogens with two attached hydrogens (primary N) is 1. The second kappa shape index (κ2) is 5.72. The average molecular weight is 309 g/mol. The number of anilines is 1. The first-order valence-electron chi connectivity index (χ1n) is 6.09. The summed E-state index contributed by atoms with van der Waals surface area (Å²) in [5, 5.41) is 0.759. The predicted molar refractivity (Wildman–Crippen MR) is 85.1 cm³/mol. The SMILES string of the molecule is CCC(C(N)=S)S(=O)(=O)Nc1cccc2cnccc12. The molecule has 0 aliphatic rings. The third kappa shape index (κ3) is 2.88. The van der Waals surface area contributed by atoms with Crippen molar-refractivity contribution in [2.45, 2.75) is 18.6 Å². The summed E-state index contributed by atoms with van der Waals surface area (Å²) in [6.07, 6.45) is 3.62. The van der Waals surface area contributed by atoms with E-state index < -0.39 is 15.3 Å². The Morgan fingerprint density at radius 2 is 2.20 bits per heavy atom. The Hall–Kier alpha value is -1.73. The molecule has 1 aromatic carbocycles. The van der Waals surface area contributed by atoms with Gasteiger partial charge in [-0.2, -0.15) is 0 Å². The molecular weight excluding hydrogens is 294 g/mol. The number of pyridine rings is 1. The largest absolute Gasteiger partial charge is 0.392 e. The van der Waals surface area contributed by atoms with Gasteiger partial charge in [-0.25, -0.2) is 8.42 Å². The molecule has 0 amide bonds. The number of nitrogens with zero attached hydrogens (tertiary/aromatic N) is 1. The number of thiocarbonyl (C=S) groups is 1. The van der Waals surface area contributed by atoms with E-state index in [9.17, 15) is 8.42 Å². The maximum absolute atomic E-state index is 12.3. The van der Waals surface area contributed by atoms with Crippen molar-refractivity contribution in [2.75, 3.05) is 4.72 Å². The number of fused-ring (bicyclic) bond motifs is 1. The Bertz CT molecular complexity index is 739. The monoisotopic (exact) mass is 309 g/mol. The summed E-state index contributed by atoms with van der Waals surface area (Å²) >= 11 is 4.82. The zero-order chi connectivity index (χ0) is 14.8. The van der Waals surface area contributed by atoms with Gasteiger partial charge in [0.15, 0.2) is 0 Å². The van der Waals surface area contributed by atoms with Gasteiger partial charge >= 0.3 is 0 Å². The van der Waals surface area contributed by atoms with Crippen molar-refractivity contribution >= 4 is 43.7 Å². The molecule has 0 saturated carbocycles. The van der Waals surface area contributed by atoms with Crippen LogP contribution < -0.4 is 10.5 Å². The second-order valence-corrected chi connectivity index (χ2v) is 6.68. The molecule has 20 heavy (non-hydrogen) atoms. The second-order valence-electron chi connectivity index (χ2n) is 4.35. The summed E-state index contributed by atoms with van der Waals surface area (Å²) in [4.78, 5) is 3.99. The van der Waals surface area contributed by atoms with Crippen LogP contribution in [0, 0.1) is 0 Å². The third-order valence-electron chi connectivity index (χ3n) is 3.00. The molecule has 3 N–H and O–H groups in total. The average Bonchev–Trinajstić information content (AvgIpc) is 2.38. The molecule has 106 valence electrons. The Morgan fingerprint density at radius 3 is 2.85 bits per heavy atom. The van der Waals surface area contributed by atoms with Crippen molar-refractivity contribution in [3.05, 3.63) is 36.7 Å². The fraction of sp³-hybridized carbons (Fsp3) is 0.231. The number of benzene rings is 1. The van der Waals surface area contributed by atoms with Crippen molar-refractivity contribution in [3.8, 4) is 0 Å². The first-order valence-corrected chi connectivity index (χ1v) is 8.05. The summed E-state index contributed by atoms with van der Waals surface area (Å²) < 4.78 is 27.2. The van der Waals surface area contributed by atoms with E-state index in [0.29, 0.717) is 12.1 Å². The highest BCUT2D eigenvalue weighted by Crippen LogP contribution is 2.24. The van der Waals surface area contributed by atoms with E-state index in [2.05, 4.69) is 9.71 Å². The minimum atomic E-state index is -3.65. The van der Waals surface area contributed by atoms with Crippen LogP contribution >= 0.6 is 12.2 Å². The number of hydrogen-bond acceptors (Lipinski definition) is 4. The lowest BCUT2D eigenvalue weighted by molar-refractivity contribution is 0.594. The minimum Gasteiger partial charge on any atom is -0.392 e. The van der Waals surface area contributed by atoms with Gasteiger partial charge in [0.25, 0.3) is 0 Å². The summed E-state index contributed by atoms with van der Waals surface area (Å²) in [5.74, 6) is 0. The minimum absolute atomic E-state index is 0.0260. The Balaban J connectivity index is 2.44. The molecule has 0 radical (unpaired) electrons. The van der Waals surface area contributed by atoms with E-state index in [0.717, 1.165) is 10.8 Å². The van der Waals surface area contributed by atoms with Crippen LogP contribution in [0.5, 0.6) is 0 Å². The summed E-state index contributed by atoms with van der Waals surface area (Å²) in [6, 6.07) is 7.09. The molecule has 1 heterocycles. The molecule has 2 aromatic rings. The Labute approximate surface area is 123 Å². The molecular formula is C13H15N3O2S2. The van der Waals surface area contributed by atoms with Crippen molar-refractivity contribution in [3.63, 3.8) is 0 Å². The molecule has 5 nitrogen and oxygen atoms in total. The highest BCUT2D eigenvalue weighted by molar-refractivity contribution is 7.95. The topological polar surface area (TPSA) is 85.1 Å². The first kappa shape index (κ1) is 14.7. The lowest BCUT2D eigenvalue weighted by atomic mass is 10.1. The van der Waals surface area contributed by atoms with Crippen molar-refractivity contribution < 1.29 is 8.42 Å². The summed E-state index contributed by atoms with van der Waals surface area (Å²) in [6.45, 7) is 1.73. The van der Waals surface area contributed by atoms with Gasteiger partial charge in [0.05, 0.1) is 10.7 Å². The van der Waals surface area contributed by atoms with E-state index in [1.807, 2.05) is 6.07 Å². The lowest BCUT2D eigenvalue weighted by Gasteiger charge is -2.17. The zero-order valence-electron chi connectivity index (χ0n) is 10.9. The number of sulfonamides is 1. The van der Waals surface area contributed by atoms with E-state index in [-0.39, 0.29) is 4.99 Å².